The molecule has 0 spiro atoms. The minimum Gasteiger partial charge on any atom is -0.481 e. The lowest BCUT2D eigenvalue weighted by Crippen LogP contribution is -2.41. The third kappa shape index (κ3) is 6.74. The van der Waals surface area contributed by atoms with E-state index in [4.69, 9.17) is 15.6 Å². The van der Waals surface area contributed by atoms with E-state index in [9.17, 15) is 24.6 Å². The van der Waals surface area contributed by atoms with Gasteiger partial charge in [-0.15, -0.1) is 0 Å². The van der Waals surface area contributed by atoms with Crippen molar-refractivity contribution in [3.8, 4) is 5.75 Å². The molecule has 0 aliphatic heterocycles. The summed E-state index contributed by atoms with van der Waals surface area (Å²) in [5.41, 5.74) is 5.65. The number of amides is 3. The molecule has 0 fully saturated rings. The number of likely N-dealkylation sites (N-methyl/N-ethyl adjacent to an activating group) is 1. The van der Waals surface area contributed by atoms with E-state index in [2.05, 4.69) is 5.32 Å². The summed E-state index contributed by atoms with van der Waals surface area (Å²) in [7, 11) is 1.44. The van der Waals surface area contributed by atoms with Gasteiger partial charge in [-0.2, -0.15) is 0 Å². The number of carbonyl (C=O) groups excluding carboxylic acids is 3. The SMILES string of the molecule is CNC(=O)COc1c(I)c(C(N)=O)c(I)c(C(=O)N(CCO)CC(O)CO)c1I. The molecule has 13 heteroatoms. The molecule has 0 aromatic heterocycles. The van der Waals surface area contributed by atoms with E-state index in [0.717, 1.165) is 4.90 Å². The maximum Gasteiger partial charge on any atom is 0.257 e. The average Bonchev–Trinajstić information content (AvgIpc) is 2.66. The number of aliphatic hydroxyl groups excluding tert-OH is 3. The number of primary amides is 1. The molecular formula is C16H20I3N3O7. The van der Waals surface area contributed by atoms with Gasteiger partial charge in [-0.3, -0.25) is 14.4 Å². The maximum atomic E-state index is 13.2. The van der Waals surface area contributed by atoms with Crippen LogP contribution in [0.1, 0.15) is 20.7 Å². The van der Waals surface area contributed by atoms with Crippen molar-refractivity contribution in [1.29, 1.82) is 0 Å². The Hall–Kier alpha value is -0.500. The monoisotopic (exact) mass is 747 g/mol. The largest absolute Gasteiger partial charge is 0.481 e. The molecule has 1 aromatic carbocycles. The lowest BCUT2D eigenvalue weighted by atomic mass is 10.1. The first kappa shape index (κ1) is 26.5. The number of hydrogen-bond donors (Lipinski definition) is 5. The van der Waals surface area contributed by atoms with E-state index < -0.39 is 30.4 Å². The molecule has 1 rings (SSSR count). The molecule has 10 nitrogen and oxygen atoms in total. The molecule has 0 saturated heterocycles. The molecule has 162 valence electrons. The Bertz CT molecular complexity index is 792. The average molecular weight is 747 g/mol. The van der Waals surface area contributed by atoms with Crippen LogP contribution in [0.2, 0.25) is 0 Å². The van der Waals surface area contributed by atoms with Gasteiger partial charge in [0.1, 0.15) is 5.75 Å². The third-order valence-electron chi connectivity index (χ3n) is 3.66. The van der Waals surface area contributed by atoms with Crippen molar-refractivity contribution in [1.82, 2.24) is 10.2 Å². The summed E-state index contributed by atoms with van der Waals surface area (Å²) in [5, 5.41) is 30.5. The quantitative estimate of drug-likeness (QED) is 0.202. The normalized spacial score (nSPS) is 11.7. The Morgan fingerprint density at radius 3 is 2.21 bits per heavy atom. The molecule has 1 aromatic rings. The maximum absolute atomic E-state index is 13.2. The smallest absolute Gasteiger partial charge is 0.257 e. The van der Waals surface area contributed by atoms with Crippen molar-refractivity contribution in [2.24, 2.45) is 5.73 Å². The summed E-state index contributed by atoms with van der Waals surface area (Å²) in [6.45, 7) is -1.60. The summed E-state index contributed by atoms with van der Waals surface area (Å²) in [6, 6.07) is 0. The van der Waals surface area contributed by atoms with E-state index in [1.54, 1.807) is 0 Å². The van der Waals surface area contributed by atoms with Crippen LogP contribution in [0.25, 0.3) is 0 Å². The fraction of sp³-hybridized carbons (Fsp3) is 0.438. The Morgan fingerprint density at radius 2 is 1.72 bits per heavy atom. The number of nitrogens with zero attached hydrogens (tertiary/aromatic N) is 1. The highest BCUT2D eigenvalue weighted by Gasteiger charge is 2.31. The summed E-state index contributed by atoms with van der Waals surface area (Å²) < 4.78 is 6.53. The van der Waals surface area contributed by atoms with E-state index in [1.807, 2.05) is 67.8 Å². The van der Waals surface area contributed by atoms with Crippen molar-refractivity contribution < 1.29 is 34.4 Å². The zero-order valence-electron chi connectivity index (χ0n) is 15.2. The third-order valence-corrected chi connectivity index (χ3v) is 6.80. The number of nitrogens with one attached hydrogen (secondary N) is 1. The second-order valence-corrected chi connectivity index (χ2v) is 8.89. The van der Waals surface area contributed by atoms with E-state index in [1.165, 1.54) is 7.05 Å². The fourth-order valence-corrected chi connectivity index (χ4v) is 6.72. The Morgan fingerprint density at radius 1 is 1.14 bits per heavy atom. The molecule has 1 atom stereocenters. The summed E-state index contributed by atoms with van der Waals surface area (Å²) in [4.78, 5) is 37.9. The van der Waals surface area contributed by atoms with Crippen LogP contribution in [0.4, 0.5) is 0 Å². The van der Waals surface area contributed by atoms with Crippen LogP contribution < -0.4 is 15.8 Å². The van der Waals surface area contributed by atoms with Crippen LogP contribution in [0.15, 0.2) is 0 Å². The van der Waals surface area contributed by atoms with Crippen LogP contribution in [0.3, 0.4) is 0 Å². The molecule has 0 radical (unpaired) electrons. The van der Waals surface area contributed by atoms with Crippen molar-refractivity contribution >= 4 is 85.5 Å². The number of rotatable bonds is 10. The molecule has 6 N–H and O–H groups in total. The van der Waals surface area contributed by atoms with Gasteiger partial charge in [0.2, 0.25) is 0 Å². The lowest BCUT2D eigenvalue weighted by Gasteiger charge is -2.26. The Kier molecular flexibility index (Phi) is 11.3. The van der Waals surface area contributed by atoms with Crippen LogP contribution in [0.5, 0.6) is 5.75 Å². The molecule has 0 aliphatic rings. The van der Waals surface area contributed by atoms with Gasteiger partial charge in [0.25, 0.3) is 17.7 Å². The number of halogens is 3. The first-order valence-electron chi connectivity index (χ1n) is 8.13. The second kappa shape index (κ2) is 12.4. The fourth-order valence-electron chi connectivity index (χ4n) is 2.25. The first-order valence-corrected chi connectivity index (χ1v) is 11.4. The van der Waals surface area contributed by atoms with Crippen LogP contribution in [-0.4, -0.2) is 84.0 Å². The molecule has 1 unspecified atom stereocenters. The van der Waals surface area contributed by atoms with Gasteiger partial charge < -0.3 is 36.0 Å². The van der Waals surface area contributed by atoms with E-state index in [-0.39, 0.29) is 46.7 Å². The summed E-state index contributed by atoms with van der Waals surface area (Å²) in [6.07, 6.45) is -1.20. The molecular weight excluding hydrogens is 727 g/mol. The molecule has 0 saturated carbocycles. The number of aliphatic hydroxyl groups is 3. The van der Waals surface area contributed by atoms with Gasteiger partial charge in [-0.1, -0.05) is 0 Å². The van der Waals surface area contributed by atoms with Crippen LogP contribution >= 0.6 is 67.8 Å². The van der Waals surface area contributed by atoms with Crippen LogP contribution in [-0.2, 0) is 4.79 Å². The zero-order chi connectivity index (χ0) is 22.3. The first-order chi connectivity index (χ1) is 13.6. The number of ether oxygens (including phenoxy) is 1. The molecule has 29 heavy (non-hydrogen) atoms. The standard InChI is InChI=1S/C16H20I3N3O7/c1-21-8(26)6-29-14-12(18)9(15(20)27)11(17)10(13(14)19)16(28)22(2-3-23)4-7(25)5-24/h7,23-25H,2-6H2,1H3,(H2,20,27)(H,21,26). The van der Waals surface area contributed by atoms with Crippen molar-refractivity contribution in [2.45, 2.75) is 6.10 Å². The van der Waals surface area contributed by atoms with Gasteiger partial charge in [-0.25, -0.2) is 0 Å². The minimum absolute atomic E-state index is 0.0635. The molecule has 0 aliphatic carbocycles. The van der Waals surface area contributed by atoms with Gasteiger partial charge in [0, 0.05) is 23.7 Å². The summed E-state index contributed by atoms with van der Waals surface area (Å²) in [5.74, 6) is -1.63. The predicted molar refractivity (Wildman–Crippen MR) is 129 cm³/mol. The van der Waals surface area contributed by atoms with E-state index >= 15 is 0 Å². The Labute approximate surface area is 207 Å². The second-order valence-electron chi connectivity index (χ2n) is 5.66. The van der Waals surface area contributed by atoms with Gasteiger partial charge in [0.15, 0.2) is 6.61 Å². The lowest BCUT2D eigenvalue weighted by molar-refractivity contribution is -0.122. The van der Waals surface area contributed by atoms with E-state index in [0.29, 0.717) is 7.14 Å². The highest BCUT2D eigenvalue weighted by Crippen LogP contribution is 2.37. The highest BCUT2D eigenvalue weighted by molar-refractivity contribution is 14.1. The Balaban J connectivity index is 3.57. The van der Waals surface area contributed by atoms with Crippen molar-refractivity contribution in [3.63, 3.8) is 0 Å². The van der Waals surface area contributed by atoms with Gasteiger partial charge in [0.05, 0.1) is 37.6 Å². The zero-order valence-corrected chi connectivity index (χ0v) is 21.7. The predicted octanol–water partition coefficient (Wildman–Crippen LogP) is -0.488. The van der Waals surface area contributed by atoms with Crippen LogP contribution in [0, 0.1) is 10.7 Å². The topological polar surface area (TPSA) is 162 Å². The van der Waals surface area contributed by atoms with Crippen molar-refractivity contribution in [2.75, 3.05) is 40.0 Å². The van der Waals surface area contributed by atoms with Gasteiger partial charge >= 0.3 is 0 Å². The number of benzene rings is 1. The molecule has 0 bridgehead atoms. The number of carbonyl (C=O) groups is 3. The highest BCUT2D eigenvalue weighted by atomic mass is 127. The molecule has 3 amide bonds. The summed E-state index contributed by atoms with van der Waals surface area (Å²) >= 11 is 5.56. The number of hydrogen-bond acceptors (Lipinski definition) is 7. The molecule has 0 heterocycles. The van der Waals surface area contributed by atoms with Crippen molar-refractivity contribution in [3.05, 3.63) is 21.8 Å². The number of nitrogens with two attached hydrogens (primary N) is 1. The minimum atomic E-state index is -1.20. The van der Waals surface area contributed by atoms with Gasteiger partial charge in [-0.05, 0) is 67.8 Å².